The fraction of sp³-hybridized carbons (Fsp3) is 0.833. The molecule has 18 heavy (non-hydrogen) atoms. The second-order valence-electron chi connectivity index (χ2n) is 5.12. The molecule has 0 bridgehead atoms. The van der Waals surface area contributed by atoms with Gasteiger partial charge in [0.25, 0.3) is 0 Å². The van der Waals surface area contributed by atoms with E-state index in [0.717, 1.165) is 12.8 Å². The summed E-state index contributed by atoms with van der Waals surface area (Å²) in [5, 5.41) is 12.0. The molecule has 0 aromatic carbocycles. The number of likely N-dealkylation sites (tertiary alicyclic amines) is 1. The molecular weight excluding hydrogens is 234 g/mol. The Morgan fingerprint density at radius 1 is 1.50 bits per heavy atom. The highest BCUT2D eigenvalue weighted by molar-refractivity contribution is 5.87. The molecule has 6 nitrogen and oxygen atoms in total. The molecule has 0 saturated carbocycles. The van der Waals surface area contributed by atoms with Crippen LogP contribution >= 0.6 is 0 Å². The average Bonchev–Trinajstić information content (AvgIpc) is 2.34. The lowest BCUT2D eigenvalue weighted by molar-refractivity contribution is -0.135. The molecule has 0 aromatic rings. The maximum Gasteiger partial charge on any atom is 0.242 e. The first-order valence-corrected chi connectivity index (χ1v) is 6.41. The summed E-state index contributed by atoms with van der Waals surface area (Å²) in [7, 11) is 0. The number of piperidine rings is 1. The number of nitrogens with one attached hydrogen (secondary N) is 1. The zero-order chi connectivity index (χ0) is 13.7. The highest BCUT2D eigenvalue weighted by Crippen LogP contribution is 2.09. The van der Waals surface area contributed by atoms with Crippen LogP contribution in [0.25, 0.3) is 0 Å². The van der Waals surface area contributed by atoms with Crippen LogP contribution < -0.4 is 11.1 Å². The van der Waals surface area contributed by atoms with Gasteiger partial charge in [-0.15, -0.1) is 0 Å². The van der Waals surface area contributed by atoms with Crippen LogP contribution in [0, 0.1) is 5.92 Å². The summed E-state index contributed by atoms with van der Waals surface area (Å²) in [6.07, 6.45) is 1.08. The second-order valence-corrected chi connectivity index (χ2v) is 5.12. The van der Waals surface area contributed by atoms with Crippen molar-refractivity contribution in [1.82, 2.24) is 10.2 Å². The van der Waals surface area contributed by atoms with Gasteiger partial charge in [-0.1, -0.05) is 13.8 Å². The Morgan fingerprint density at radius 3 is 2.72 bits per heavy atom. The minimum Gasteiger partial charge on any atom is -0.391 e. The summed E-state index contributed by atoms with van der Waals surface area (Å²) >= 11 is 0. The SMILES string of the molecule is CC(C)[C@H](N)C(=O)NCC(=O)N1CCCC(O)C1. The van der Waals surface area contributed by atoms with Crippen LogP contribution in [0.3, 0.4) is 0 Å². The largest absolute Gasteiger partial charge is 0.391 e. The van der Waals surface area contributed by atoms with Crippen molar-refractivity contribution in [2.75, 3.05) is 19.6 Å². The first-order chi connectivity index (χ1) is 8.41. The molecule has 1 aliphatic heterocycles. The third-order valence-electron chi connectivity index (χ3n) is 3.18. The topological polar surface area (TPSA) is 95.7 Å². The van der Waals surface area contributed by atoms with Crippen molar-refractivity contribution in [3.05, 3.63) is 0 Å². The van der Waals surface area contributed by atoms with Gasteiger partial charge in [-0.25, -0.2) is 0 Å². The number of hydrogen-bond acceptors (Lipinski definition) is 4. The van der Waals surface area contributed by atoms with Crippen molar-refractivity contribution in [3.8, 4) is 0 Å². The van der Waals surface area contributed by atoms with Crippen LogP contribution in [0.4, 0.5) is 0 Å². The van der Waals surface area contributed by atoms with Gasteiger partial charge in [-0.2, -0.15) is 0 Å². The molecule has 2 amide bonds. The van der Waals surface area contributed by atoms with Crippen LogP contribution in [0.15, 0.2) is 0 Å². The van der Waals surface area contributed by atoms with Crippen LogP contribution in [0.1, 0.15) is 26.7 Å². The van der Waals surface area contributed by atoms with Crippen LogP contribution in [-0.4, -0.2) is 53.6 Å². The van der Waals surface area contributed by atoms with E-state index in [-0.39, 0.29) is 24.3 Å². The Morgan fingerprint density at radius 2 is 2.17 bits per heavy atom. The van der Waals surface area contributed by atoms with E-state index < -0.39 is 12.1 Å². The second kappa shape index (κ2) is 6.70. The summed E-state index contributed by atoms with van der Waals surface area (Å²) < 4.78 is 0. The number of aliphatic hydroxyl groups is 1. The minimum absolute atomic E-state index is 0.0388. The van der Waals surface area contributed by atoms with Crippen molar-refractivity contribution in [2.24, 2.45) is 11.7 Å². The summed E-state index contributed by atoms with van der Waals surface area (Å²) in [6.45, 7) is 4.65. The van der Waals surface area contributed by atoms with E-state index in [9.17, 15) is 14.7 Å². The van der Waals surface area contributed by atoms with Crippen molar-refractivity contribution in [2.45, 2.75) is 38.8 Å². The summed E-state index contributed by atoms with van der Waals surface area (Å²) in [4.78, 5) is 25.0. The number of rotatable bonds is 4. The van der Waals surface area contributed by atoms with Gasteiger partial charge in [0.15, 0.2) is 0 Å². The predicted octanol–water partition coefficient (Wildman–Crippen LogP) is -0.931. The molecule has 104 valence electrons. The lowest BCUT2D eigenvalue weighted by atomic mass is 10.1. The Labute approximate surface area is 108 Å². The Kier molecular flexibility index (Phi) is 5.55. The van der Waals surface area contributed by atoms with Gasteiger partial charge in [0, 0.05) is 13.1 Å². The number of carbonyl (C=O) groups is 2. The molecule has 4 N–H and O–H groups in total. The fourth-order valence-electron chi connectivity index (χ4n) is 1.88. The van der Waals surface area contributed by atoms with E-state index in [1.807, 2.05) is 13.8 Å². The van der Waals surface area contributed by atoms with Gasteiger partial charge in [0.05, 0.1) is 18.7 Å². The Balaban J connectivity index is 2.34. The molecule has 6 heteroatoms. The molecule has 0 aliphatic carbocycles. The molecule has 1 aliphatic rings. The fourth-order valence-corrected chi connectivity index (χ4v) is 1.88. The molecule has 1 rings (SSSR count). The molecular formula is C12H23N3O3. The summed E-state index contributed by atoms with van der Waals surface area (Å²) in [6, 6.07) is -0.593. The van der Waals surface area contributed by atoms with Crippen LogP contribution in [0.2, 0.25) is 0 Å². The highest BCUT2D eigenvalue weighted by Gasteiger charge is 2.23. The Bertz CT molecular complexity index is 307. The van der Waals surface area contributed by atoms with E-state index in [4.69, 9.17) is 5.73 Å². The quantitative estimate of drug-likeness (QED) is 0.606. The van der Waals surface area contributed by atoms with E-state index >= 15 is 0 Å². The molecule has 0 spiro atoms. The average molecular weight is 257 g/mol. The van der Waals surface area contributed by atoms with Gasteiger partial charge < -0.3 is 21.1 Å². The lowest BCUT2D eigenvalue weighted by Gasteiger charge is -2.30. The molecule has 2 atom stereocenters. The number of hydrogen-bond donors (Lipinski definition) is 3. The monoisotopic (exact) mass is 257 g/mol. The zero-order valence-corrected chi connectivity index (χ0v) is 11.1. The van der Waals surface area contributed by atoms with Crippen molar-refractivity contribution < 1.29 is 14.7 Å². The van der Waals surface area contributed by atoms with Gasteiger partial charge >= 0.3 is 0 Å². The first kappa shape index (κ1) is 14.9. The molecule has 1 saturated heterocycles. The lowest BCUT2D eigenvalue weighted by Crippen LogP contribution is -2.50. The highest BCUT2D eigenvalue weighted by atomic mass is 16.3. The molecule has 0 radical (unpaired) electrons. The van der Waals surface area contributed by atoms with Crippen molar-refractivity contribution >= 4 is 11.8 Å². The normalized spacial score (nSPS) is 21.8. The van der Waals surface area contributed by atoms with Crippen LogP contribution in [0.5, 0.6) is 0 Å². The van der Waals surface area contributed by atoms with Crippen molar-refractivity contribution in [3.63, 3.8) is 0 Å². The maximum atomic E-state index is 11.8. The van der Waals surface area contributed by atoms with Gasteiger partial charge in [0.1, 0.15) is 0 Å². The first-order valence-electron chi connectivity index (χ1n) is 6.41. The zero-order valence-electron chi connectivity index (χ0n) is 11.1. The smallest absolute Gasteiger partial charge is 0.242 e. The van der Waals surface area contributed by atoms with Gasteiger partial charge in [-0.3, -0.25) is 9.59 Å². The predicted molar refractivity (Wildman–Crippen MR) is 67.6 cm³/mol. The standard InChI is InChI=1S/C12H23N3O3/c1-8(2)11(13)12(18)14-6-10(17)15-5-3-4-9(16)7-15/h8-9,11,16H,3-7,13H2,1-2H3,(H,14,18)/t9?,11-/m0/s1. The maximum absolute atomic E-state index is 11.8. The number of carbonyl (C=O) groups excluding carboxylic acids is 2. The minimum atomic E-state index is -0.593. The Hall–Kier alpha value is -1.14. The van der Waals surface area contributed by atoms with Gasteiger partial charge in [0.2, 0.25) is 11.8 Å². The number of nitrogens with zero attached hydrogens (tertiary/aromatic N) is 1. The number of β-amino-alcohol motifs (C(OH)–C–C–N with tert-alkyl or cyclic N) is 1. The van der Waals surface area contributed by atoms with Gasteiger partial charge in [-0.05, 0) is 18.8 Å². The molecule has 1 heterocycles. The van der Waals surface area contributed by atoms with Crippen LogP contribution in [-0.2, 0) is 9.59 Å². The number of nitrogens with two attached hydrogens (primary N) is 1. The van der Waals surface area contributed by atoms with E-state index in [0.29, 0.717) is 13.1 Å². The van der Waals surface area contributed by atoms with E-state index in [1.165, 1.54) is 0 Å². The molecule has 1 unspecified atom stereocenters. The molecule has 0 aromatic heterocycles. The third-order valence-corrected chi connectivity index (χ3v) is 3.18. The van der Waals surface area contributed by atoms with E-state index in [1.54, 1.807) is 4.90 Å². The van der Waals surface area contributed by atoms with E-state index in [2.05, 4.69) is 5.32 Å². The number of amides is 2. The molecule has 1 fully saturated rings. The third kappa shape index (κ3) is 4.27. The number of aliphatic hydroxyl groups excluding tert-OH is 1. The summed E-state index contributed by atoms with van der Waals surface area (Å²) in [5.74, 6) is -0.439. The summed E-state index contributed by atoms with van der Waals surface area (Å²) in [5.41, 5.74) is 5.67. The van der Waals surface area contributed by atoms with Crippen molar-refractivity contribution in [1.29, 1.82) is 0 Å².